The van der Waals surface area contributed by atoms with Crippen LogP contribution in [-0.2, 0) is 4.79 Å². The number of hydrogen-bond donors (Lipinski definition) is 1. The van der Waals surface area contributed by atoms with Gasteiger partial charge in [-0.3, -0.25) is 4.79 Å². The van der Waals surface area contributed by atoms with Gasteiger partial charge < -0.3 is 5.32 Å². The highest BCUT2D eigenvalue weighted by Crippen LogP contribution is 2.29. The van der Waals surface area contributed by atoms with Gasteiger partial charge in [-0.1, -0.05) is 77.3 Å². The summed E-state index contributed by atoms with van der Waals surface area (Å²) in [5.74, 6) is -0.627. The minimum absolute atomic E-state index is 0.241. The third kappa shape index (κ3) is 3.33. The summed E-state index contributed by atoms with van der Waals surface area (Å²) < 4.78 is -1.95. The van der Waals surface area contributed by atoms with E-state index >= 15 is 0 Å². The minimum Gasteiger partial charge on any atom is -0.346 e. The smallest absolute Gasteiger partial charge is 0.272 e. The Balaban J connectivity index is 2.32. The van der Waals surface area contributed by atoms with Crippen molar-refractivity contribution in [2.24, 2.45) is 0 Å². The number of hydrogen-bond acceptors (Lipinski definition) is 1. The monoisotopic (exact) mass is 315 g/mol. The van der Waals surface area contributed by atoms with E-state index in [1.807, 2.05) is 49.4 Å². The molecule has 0 aliphatic heterocycles. The summed E-state index contributed by atoms with van der Waals surface area (Å²) in [6.45, 7) is 1.86. The van der Waals surface area contributed by atoms with Gasteiger partial charge >= 0.3 is 0 Å². The van der Waals surface area contributed by atoms with E-state index in [0.29, 0.717) is 0 Å². The highest BCUT2D eigenvalue weighted by Gasteiger charge is 2.31. The van der Waals surface area contributed by atoms with Crippen molar-refractivity contribution < 1.29 is 4.79 Å². The van der Waals surface area contributed by atoms with Crippen LogP contribution < -0.4 is 5.32 Å². The summed E-state index contributed by atoms with van der Waals surface area (Å²) in [5.41, 5.74) is 0.987. The molecule has 0 radical (unpaired) electrons. The van der Waals surface area contributed by atoms with E-state index < -0.39 is 9.70 Å². The molecule has 0 aromatic heterocycles. The van der Waals surface area contributed by atoms with Crippen LogP contribution in [-0.4, -0.2) is 9.70 Å². The van der Waals surface area contributed by atoms with Crippen LogP contribution in [0.15, 0.2) is 42.5 Å². The summed E-state index contributed by atoms with van der Waals surface area (Å²) in [4.78, 5) is 11.7. The quantitative estimate of drug-likeness (QED) is 0.818. The van der Waals surface area contributed by atoms with Gasteiger partial charge in [0.25, 0.3) is 9.70 Å². The zero-order chi connectivity index (χ0) is 14.0. The van der Waals surface area contributed by atoms with E-state index in [2.05, 4.69) is 5.32 Å². The van der Waals surface area contributed by atoms with Gasteiger partial charge in [-0.25, -0.2) is 0 Å². The molecule has 0 fully saturated rings. The van der Waals surface area contributed by atoms with E-state index in [1.165, 1.54) is 0 Å². The zero-order valence-electron chi connectivity index (χ0n) is 10.2. The van der Waals surface area contributed by atoms with Crippen LogP contribution in [0.3, 0.4) is 0 Å². The van der Waals surface area contributed by atoms with Crippen molar-refractivity contribution in [3.8, 4) is 0 Å². The summed E-state index contributed by atoms with van der Waals surface area (Å²) in [6.07, 6.45) is 0. The number of carbonyl (C=O) groups excluding carboxylic acids is 1. The van der Waals surface area contributed by atoms with E-state index in [0.717, 1.165) is 16.3 Å². The molecule has 0 saturated heterocycles. The van der Waals surface area contributed by atoms with Gasteiger partial charge in [0.2, 0.25) is 0 Å². The molecule has 2 aromatic rings. The predicted octanol–water partition coefficient (Wildman–Crippen LogP) is 4.39. The molecule has 1 amide bonds. The van der Waals surface area contributed by atoms with E-state index in [1.54, 1.807) is 0 Å². The van der Waals surface area contributed by atoms with Crippen molar-refractivity contribution in [1.82, 2.24) is 5.32 Å². The van der Waals surface area contributed by atoms with E-state index in [9.17, 15) is 4.79 Å². The van der Waals surface area contributed by atoms with Crippen LogP contribution in [0.1, 0.15) is 18.5 Å². The maximum absolute atomic E-state index is 11.7. The predicted molar refractivity (Wildman–Crippen MR) is 80.8 cm³/mol. The van der Waals surface area contributed by atoms with Crippen molar-refractivity contribution in [1.29, 1.82) is 0 Å². The Labute approximate surface area is 126 Å². The molecule has 1 N–H and O–H groups in total. The van der Waals surface area contributed by atoms with Crippen LogP contribution in [0.2, 0.25) is 0 Å². The number of fused-ring (bicyclic) bond motifs is 1. The Morgan fingerprint density at radius 1 is 1.11 bits per heavy atom. The lowest BCUT2D eigenvalue weighted by Crippen LogP contribution is -2.36. The van der Waals surface area contributed by atoms with Gasteiger partial charge in [-0.05, 0) is 23.3 Å². The summed E-state index contributed by atoms with van der Waals surface area (Å²) in [7, 11) is 0. The average Bonchev–Trinajstić information content (AvgIpc) is 2.36. The molecule has 5 heteroatoms. The fraction of sp³-hybridized carbons (Fsp3) is 0.214. The number of benzene rings is 2. The lowest BCUT2D eigenvalue weighted by molar-refractivity contribution is -0.120. The van der Waals surface area contributed by atoms with Crippen LogP contribution in [0.4, 0.5) is 0 Å². The van der Waals surface area contributed by atoms with E-state index in [-0.39, 0.29) is 6.04 Å². The molecule has 0 saturated carbocycles. The first-order valence-electron chi connectivity index (χ1n) is 5.75. The van der Waals surface area contributed by atoms with Gasteiger partial charge in [-0.15, -0.1) is 0 Å². The van der Waals surface area contributed by atoms with Crippen molar-refractivity contribution in [3.05, 3.63) is 48.0 Å². The fourth-order valence-electron chi connectivity index (χ4n) is 1.98. The second-order valence-corrected chi connectivity index (χ2v) is 6.54. The molecule has 2 rings (SSSR count). The second-order valence-electron chi connectivity index (χ2n) is 4.26. The van der Waals surface area contributed by atoms with Gasteiger partial charge in [0.05, 0.1) is 6.04 Å². The molecule has 0 aliphatic carbocycles. The van der Waals surface area contributed by atoms with Crippen LogP contribution in [0.25, 0.3) is 10.8 Å². The van der Waals surface area contributed by atoms with Crippen LogP contribution >= 0.6 is 34.8 Å². The maximum atomic E-state index is 11.7. The Kier molecular flexibility index (Phi) is 4.24. The zero-order valence-corrected chi connectivity index (χ0v) is 12.4. The first-order chi connectivity index (χ1) is 8.89. The fourth-order valence-corrected chi connectivity index (χ4v) is 2.15. The van der Waals surface area contributed by atoms with Crippen molar-refractivity contribution in [2.45, 2.75) is 16.8 Å². The number of amides is 1. The Hall–Kier alpha value is -0.960. The molecule has 0 heterocycles. The van der Waals surface area contributed by atoms with Crippen LogP contribution in [0, 0.1) is 0 Å². The number of alkyl halides is 3. The highest BCUT2D eigenvalue weighted by molar-refractivity contribution is 6.76. The average molecular weight is 317 g/mol. The lowest BCUT2D eigenvalue weighted by Gasteiger charge is -2.19. The number of halogens is 3. The molecule has 0 bridgehead atoms. The molecule has 100 valence electrons. The SMILES string of the molecule is CC(NC(=O)C(Cl)(Cl)Cl)c1cccc2ccccc12. The van der Waals surface area contributed by atoms with Crippen molar-refractivity contribution >= 4 is 51.5 Å². The number of carbonyl (C=O) groups is 1. The topological polar surface area (TPSA) is 29.1 Å². The Morgan fingerprint density at radius 2 is 1.74 bits per heavy atom. The molecule has 19 heavy (non-hydrogen) atoms. The van der Waals surface area contributed by atoms with E-state index in [4.69, 9.17) is 34.8 Å². The first kappa shape index (κ1) is 14.4. The molecule has 2 nitrogen and oxygen atoms in total. The molecule has 0 aliphatic rings. The normalized spacial score (nSPS) is 13.3. The maximum Gasteiger partial charge on any atom is 0.272 e. The summed E-state index contributed by atoms with van der Waals surface area (Å²) in [6, 6.07) is 13.6. The number of rotatable bonds is 2. The standard InChI is InChI=1S/C14H12Cl3NO/c1-9(18-13(19)14(15,16)17)11-8-4-6-10-5-2-3-7-12(10)11/h2-9H,1H3,(H,18,19). The Morgan fingerprint density at radius 3 is 2.42 bits per heavy atom. The molecular weight excluding hydrogens is 305 g/mol. The van der Waals surface area contributed by atoms with Gasteiger partial charge in [-0.2, -0.15) is 0 Å². The van der Waals surface area contributed by atoms with Gasteiger partial charge in [0.1, 0.15) is 0 Å². The minimum atomic E-state index is -1.95. The summed E-state index contributed by atoms with van der Waals surface area (Å²) >= 11 is 16.7. The Bertz CT molecular complexity index is 602. The molecule has 0 spiro atoms. The van der Waals surface area contributed by atoms with Gasteiger partial charge in [0.15, 0.2) is 0 Å². The summed E-state index contributed by atoms with van der Waals surface area (Å²) in [5, 5.41) is 4.87. The van der Waals surface area contributed by atoms with Crippen LogP contribution in [0.5, 0.6) is 0 Å². The molecular formula is C14H12Cl3NO. The van der Waals surface area contributed by atoms with Gasteiger partial charge in [0, 0.05) is 0 Å². The third-order valence-electron chi connectivity index (χ3n) is 2.89. The first-order valence-corrected chi connectivity index (χ1v) is 6.88. The number of nitrogens with one attached hydrogen (secondary N) is 1. The molecule has 1 atom stereocenters. The lowest BCUT2D eigenvalue weighted by atomic mass is 10.00. The van der Waals surface area contributed by atoms with Crippen molar-refractivity contribution in [2.75, 3.05) is 0 Å². The molecule has 2 aromatic carbocycles. The molecule has 1 unspecified atom stereocenters. The highest BCUT2D eigenvalue weighted by atomic mass is 35.6. The largest absolute Gasteiger partial charge is 0.346 e. The third-order valence-corrected chi connectivity index (χ3v) is 3.41. The second kappa shape index (κ2) is 5.58. The van der Waals surface area contributed by atoms with Crippen molar-refractivity contribution in [3.63, 3.8) is 0 Å².